The second-order valence-electron chi connectivity index (χ2n) is 7.47. The highest BCUT2D eigenvalue weighted by atomic mass is 19.1. The highest BCUT2D eigenvalue weighted by Crippen LogP contribution is 2.17. The largest absolute Gasteiger partial charge is 0.356 e. The Bertz CT molecular complexity index is 982. The number of fused-ring (bicyclic) bond motifs is 1. The molecule has 1 aliphatic rings. The summed E-state index contributed by atoms with van der Waals surface area (Å²) in [4.78, 5) is 16.4. The molecule has 1 N–H and O–H groups in total. The Morgan fingerprint density at radius 3 is 2.87 bits per heavy atom. The number of carbonyl (C=O) groups is 1. The van der Waals surface area contributed by atoms with Gasteiger partial charge in [-0.3, -0.25) is 4.79 Å². The van der Waals surface area contributed by atoms with Crippen LogP contribution < -0.4 is 5.32 Å². The maximum Gasteiger partial charge on any atom is 0.226 e. The molecule has 1 amide bonds. The molecular formula is C21H25FN6O2. The second-order valence-corrected chi connectivity index (χ2v) is 7.47. The van der Waals surface area contributed by atoms with E-state index in [1.165, 1.54) is 25.0 Å². The maximum atomic E-state index is 13.0. The van der Waals surface area contributed by atoms with E-state index in [9.17, 15) is 9.18 Å². The number of benzene rings is 1. The van der Waals surface area contributed by atoms with Gasteiger partial charge in [0.05, 0.1) is 0 Å². The van der Waals surface area contributed by atoms with Gasteiger partial charge in [-0.05, 0) is 43.5 Å². The number of hydrogen-bond donors (Lipinski definition) is 1. The van der Waals surface area contributed by atoms with E-state index >= 15 is 0 Å². The smallest absolute Gasteiger partial charge is 0.226 e. The van der Waals surface area contributed by atoms with Crippen LogP contribution in [0.1, 0.15) is 49.6 Å². The van der Waals surface area contributed by atoms with Gasteiger partial charge in [0.25, 0.3) is 0 Å². The van der Waals surface area contributed by atoms with Crippen molar-refractivity contribution in [1.29, 1.82) is 0 Å². The fourth-order valence-electron chi connectivity index (χ4n) is 3.61. The van der Waals surface area contributed by atoms with Gasteiger partial charge in [0.15, 0.2) is 0 Å². The maximum absolute atomic E-state index is 13.0. The molecule has 1 aliphatic heterocycles. The summed E-state index contributed by atoms with van der Waals surface area (Å²) in [5.74, 6) is 2.58. The molecule has 158 valence electrons. The zero-order chi connectivity index (χ0) is 20.8. The standard InChI is InChI=1S/C21H25FN6O2/c22-16-10-8-15(9-11-16)21-24-20(30-27-21)7-4-6-19(29)23-13-12-18-26-25-17-5-2-1-3-14-28(17)18/h8-11H,1-7,12-14H2,(H,23,29). The molecule has 0 saturated heterocycles. The average molecular weight is 412 g/mol. The van der Waals surface area contributed by atoms with Gasteiger partial charge >= 0.3 is 0 Å². The van der Waals surface area contributed by atoms with Crippen molar-refractivity contribution in [2.45, 2.75) is 57.9 Å². The van der Waals surface area contributed by atoms with E-state index < -0.39 is 0 Å². The summed E-state index contributed by atoms with van der Waals surface area (Å²) in [6, 6.07) is 5.91. The van der Waals surface area contributed by atoms with Gasteiger partial charge in [0.1, 0.15) is 17.5 Å². The molecule has 0 atom stereocenters. The number of halogens is 1. The average Bonchev–Trinajstić information content (AvgIpc) is 3.29. The molecule has 0 unspecified atom stereocenters. The van der Waals surface area contributed by atoms with Crippen LogP contribution >= 0.6 is 0 Å². The summed E-state index contributed by atoms with van der Waals surface area (Å²) < 4.78 is 20.4. The summed E-state index contributed by atoms with van der Waals surface area (Å²) in [6.07, 6.45) is 6.72. The number of nitrogens with one attached hydrogen (secondary N) is 1. The first-order valence-electron chi connectivity index (χ1n) is 10.5. The minimum Gasteiger partial charge on any atom is -0.356 e. The molecule has 0 saturated carbocycles. The van der Waals surface area contributed by atoms with Gasteiger partial charge < -0.3 is 14.4 Å². The minimum atomic E-state index is -0.312. The second kappa shape index (κ2) is 9.60. The Balaban J connectivity index is 1.18. The zero-order valence-corrected chi connectivity index (χ0v) is 16.8. The Kier molecular flexibility index (Phi) is 6.46. The lowest BCUT2D eigenvalue weighted by Crippen LogP contribution is -2.26. The van der Waals surface area contributed by atoms with Crippen LogP contribution in [0, 0.1) is 5.82 Å². The van der Waals surface area contributed by atoms with E-state index in [0.29, 0.717) is 49.5 Å². The van der Waals surface area contributed by atoms with Gasteiger partial charge in [-0.15, -0.1) is 10.2 Å². The van der Waals surface area contributed by atoms with Crippen molar-refractivity contribution in [3.05, 3.63) is 47.6 Å². The Morgan fingerprint density at radius 1 is 1.13 bits per heavy atom. The van der Waals surface area contributed by atoms with Crippen molar-refractivity contribution in [2.24, 2.45) is 0 Å². The van der Waals surface area contributed by atoms with Crippen LogP contribution in [0.3, 0.4) is 0 Å². The molecular weight excluding hydrogens is 387 g/mol. The first-order chi connectivity index (χ1) is 14.7. The zero-order valence-electron chi connectivity index (χ0n) is 16.8. The predicted octanol–water partition coefficient (Wildman–Crippen LogP) is 2.88. The molecule has 4 rings (SSSR count). The number of nitrogens with zero attached hydrogens (tertiary/aromatic N) is 5. The van der Waals surface area contributed by atoms with Crippen molar-refractivity contribution in [2.75, 3.05) is 6.54 Å². The first-order valence-corrected chi connectivity index (χ1v) is 10.5. The topological polar surface area (TPSA) is 98.7 Å². The highest BCUT2D eigenvalue weighted by Gasteiger charge is 2.15. The molecule has 3 heterocycles. The summed E-state index contributed by atoms with van der Waals surface area (Å²) in [5, 5.41) is 15.4. The van der Waals surface area contributed by atoms with E-state index in [4.69, 9.17) is 4.52 Å². The van der Waals surface area contributed by atoms with Crippen LogP contribution in [-0.4, -0.2) is 37.4 Å². The summed E-state index contributed by atoms with van der Waals surface area (Å²) >= 11 is 0. The van der Waals surface area contributed by atoms with Crippen LogP contribution in [0.15, 0.2) is 28.8 Å². The Hall–Kier alpha value is -3.10. The Morgan fingerprint density at radius 2 is 2.00 bits per heavy atom. The lowest BCUT2D eigenvalue weighted by atomic mass is 10.2. The Labute approximate surface area is 173 Å². The SMILES string of the molecule is O=C(CCCc1nc(-c2ccc(F)cc2)no1)NCCc1nnc2n1CCCCC2. The van der Waals surface area contributed by atoms with Crippen LogP contribution in [-0.2, 0) is 30.6 Å². The van der Waals surface area contributed by atoms with Crippen LogP contribution in [0.4, 0.5) is 4.39 Å². The molecule has 1 aromatic carbocycles. The van der Waals surface area contributed by atoms with E-state index in [2.05, 4.69) is 30.2 Å². The van der Waals surface area contributed by atoms with Crippen LogP contribution in [0.5, 0.6) is 0 Å². The quantitative estimate of drug-likeness (QED) is 0.611. The molecule has 0 bridgehead atoms. The van der Waals surface area contributed by atoms with E-state index in [-0.39, 0.29) is 11.7 Å². The summed E-state index contributed by atoms with van der Waals surface area (Å²) in [6.45, 7) is 1.52. The van der Waals surface area contributed by atoms with E-state index in [0.717, 1.165) is 31.0 Å². The van der Waals surface area contributed by atoms with Crippen molar-refractivity contribution >= 4 is 5.91 Å². The lowest BCUT2D eigenvalue weighted by Gasteiger charge is -2.07. The van der Waals surface area contributed by atoms with Gasteiger partial charge in [-0.2, -0.15) is 4.98 Å². The minimum absolute atomic E-state index is 0.0103. The monoisotopic (exact) mass is 412 g/mol. The van der Waals surface area contributed by atoms with Gasteiger partial charge in [0, 0.05) is 44.3 Å². The van der Waals surface area contributed by atoms with E-state index in [1.807, 2.05) is 0 Å². The van der Waals surface area contributed by atoms with Crippen LogP contribution in [0.25, 0.3) is 11.4 Å². The molecule has 3 aromatic rings. The van der Waals surface area contributed by atoms with Crippen LogP contribution in [0.2, 0.25) is 0 Å². The van der Waals surface area contributed by atoms with Crippen molar-refractivity contribution < 1.29 is 13.7 Å². The number of aryl methyl sites for hydroxylation is 2. The highest BCUT2D eigenvalue weighted by molar-refractivity contribution is 5.75. The number of carbonyl (C=O) groups excluding carboxylic acids is 1. The molecule has 30 heavy (non-hydrogen) atoms. The van der Waals surface area contributed by atoms with Gasteiger partial charge in [-0.1, -0.05) is 11.6 Å². The lowest BCUT2D eigenvalue weighted by molar-refractivity contribution is -0.121. The van der Waals surface area contributed by atoms with Crippen molar-refractivity contribution in [3.8, 4) is 11.4 Å². The van der Waals surface area contributed by atoms with Crippen molar-refractivity contribution in [1.82, 2.24) is 30.2 Å². The summed E-state index contributed by atoms with van der Waals surface area (Å²) in [7, 11) is 0. The molecule has 9 heteroatoms. The normalized spacial score (nSPS) is 13.6. The summed E-state index contributed by atoms with van der Waals surface area (Å²) in [5.41, 5.74) is 0.690. The molecule has 2 aromatic heterocycles. The first kappa shape index (κ1) is 20.2. The third-order valence-electron chi connectivity index (χ3n) is 5.22. The van der Waals surface area contributed by atoms with E-state index in [1.54, 1.807) is 12.1 Å². The number of rotatable bonds is 8. The number of hydrogen-bond acceptors (Lipinski definition) is 6. The van der Waals surface area contributed by atoms with Gasteiger partial charge in [-0.25, -0.2) is 4.39 Å². The van der Waals surface area contributed by atoms with Gasteiger partial charge in [0.2, 0.25) is 17.6 Å². The third kappa shape index (κ3) is 5.08. The third-order valence-corrected chi connectivity index (χ3v) is 5.22. The fraction of sp³-hybridized carbons (Fsp3) is 0.476. The fourth-order valence-corrected chi connectivity index (χ4v) is 3.61. The molecule has 0 radical (unpaired) electrons. The molecule has 8 nitrogen and oxygen atoms in total. The number of amides is 1. The predicted molar refractivity (Wildman–Crippen MR) is 107 cm³/mol. The molecule has 0 aliphatic carbocycles. The molecule has 0 spiro atoms. The number of aromatic nitrogens is 5. The van der Waals surface area contributed by atoms with Crippen molar-refractivity contribution in [3.63, 3.8) is 0 Å². The molecule has 0 fully saturated rings.